The maximum Gasteiger partial charge on any atom is 0.0574 e. The van der Waals surface area contributed by atoms with Gasteiger partial charge in [0.15, 0.2) is 0 Å². The predicted molar refractivity (Wildman–Crippen MR) is 97.2 cm³/mol. The first-order chi connectivity index (χ1) is 11.6. The number of hydrogen-bond donors (Lipinski definition) is 2. The maximum atomic E-state index is 9.62. The molecule has 0 saturated carbocycles. The highest BCUT2D eigenvalue weighted by molar-refractivity contribution is 5.48. The van der Waals surface area contributed by atoms with Crippen LogP contribution in [0.2, 0.25) is 0 Å². The van der Waals surface area contributed by atoms with Crippen LogP contribution in [0.5, 0.6) is 0 Å². The van der Waals surface area contributed by atoms with Gasteiger partial charge in [-0.25, -0.2) is 0 Å². The highest BCUT2D eigenvalue weighted by Crippen LogP contribution is 2.22. The summed E-state index contributed by atoms with van der Waals surface area (Å²) in [5.41, 5.74) is 3.83. The van der Waals surface area contributed by atoms with Crippen molar-refractivity contribution in [2.75, 3.05) is 24.5 Å². The number of anilines is 1. The fourth-order valence-corrected chi connectivity index (χ4v) is 3.25. The summed E-state index contributed by atoms with van der Waals surface area (Å²) in [5, 5.41) is 17.4. The van der Waals surface area contributed by atoms with Gasteiger partial charge in [0.2, 0.25) is 0 Å². The summed E-state index contributed by atoms with van der Waals surface area (Å²) in [6, 6.07) is 9.15. The summed E-state index contributed by atoms with van der Waals surface area (Å²) >= 11 is 0. The molecule has 0 bridgehead atoms. The van der Waals surface area contributed by atoms with E-state index in [0.717, 1.165) is 38.9 Å². The van der Waals surface area contributed by atoms with Crippen LogP contribution in [0.1, 0.15) is 36.9 Å². The first kappa shape index (κ1) is 17.0. The molecule has 1 aliphatic rings. The molecule has 5 heteroatoms. The quantitative estimate of drug-likeness (QED) is 0.854. The van der Waals surface area contributed by atoms with Crippen LogP contribution in [0.25, 0.3) is 0 Å². The van der Waals surface area contributed by atoms with Gasteiger partial charge in [0.1, 0.15) is 0 Å². The van der Waals surface area contributed by atoms with E-state index in [0.29, 0.717) is 6.04 Å². The number of benzene rings is 1. The lowest BCUT2D eigenvalue weighted by Crippen LogP contribution is -2.35. The molecule has 1 atom stereocenters. The Morgan fingerprint density at radius 3 is 2.58 bits per heavy atom. The zero-order chi connectivity index (χ0) is 16.9. The molecule has 3 rings (SSSR count). The molecular weight excluding hydrogens is 300 g/mol. The molecule has 0 amide bonds. The molecule has 2 aromatic rings. The van der Waals surface area contributed by atoms with Gasteiger partial charge in [-0.1, -0.05) is 12.1 Å². The molecule has 130 valence electrons. The van der Waals surface area contributed by atoms with Gasteiger partial charge >= 0.3 is 0 Å². The molecular formula is C19H28N4O. The molecule has 1 aromatic heterocycles. The number of aliphatic hydroxyl groups excluding tert-OH is 1. The van der Waals surface area contributed by atoms with Gasteiger partial charge in [0.05, 0.1) is 12.3 Å². The first-order valence-corrected chi connectivity index (χ1v) is 8.85. The monoisotopic (exact) mass is 328 g/mol. The molecule has 0 radical (unpaired) electrons. The third kappa shape index (κ3) is 4.36. The highest BCUT2D eigenvalue weighted by atomic mass is 16.3. The van der Waals surface area contributed by atoms with Crippen molar-refractivity contribution in [2.45, 2.75) is 38.3 Å². The second kappa shape index (κ2) is 7.81. The lowest BCUT2D eigenvalue weighted by molar-refractivity contribution is 0.145. The Morgan fingerprint density at radius 1 is 1.25 bits per heavy atom. The van der Waals surface area contributed by atoms with E-state index >= 15 is 0 Å². The Morgan fingerprint density at radius 2 is 1.96 bits per heavy atom. The first-order valence-electron chi connectivity index (χ1n) is 8.85. The van der Waals surface area contributed by atoms with Crippen molar-refractivity contribution in [2.24, 2.45) is 7.05 Å². The minimum Gasteiger partial charge on any atom is -0.393 e. The second-order valence-corrected chi connectivity index (χ2v) is 6.76. The topological polar surface area (TPSA) is 53.3 Å². The van der Waals surface area contributed by atoms with E-state index < -0.39 is 0 Å². The van der Waals surface area contributed by atoms with Gasteiger partial charge in [-0.15, -0.1) is 0 Å². The predicted octanol–water partition coefficient (Wildman–Crippen LogP) is 2.27. The fourth-order valence-electron chi connectivity index (χ4n) is 3.25. The molecule has 2 heterocycles. The number of aliphatic hydroxyl groups is 1. The summed E-state index contributed by atoms with van der Waals surface area (Å²) < 4.78 is 1.84. The molecule has 1 aromatic carbocycles. The Labute approximate surface area is 144 Å². The van der Waals surface area contributed by atoms with Crippen molar-refractivity contribution >= 4 is 5.69 Å². The van der Waals surface area contributed by atoms with Crippen LogP contribution in [-0.2, 0) is 13.5 Å². The third-order valence-corrected chi connectivity index (χ3v) is 4.85. The van der Waals surface area contributed by atoms with Crippen LogP contribution in [-0.4, -0.2) is 40.6 Å². The molecule has 0 aliphatic carbocycles. The highest BCUT2D eigenvalue weighted by Gasteiger charge is 2.17. The van der Waals surface area contributed by atoms with Crippen LogP contribution in [0, 0.1) is 0 Å². The molecule has 1 fully saturated rings. The van der Waals surface area contributed by atoms with Crippen LogP contribution in [0.3, 0.4) is 0 Å². The lowest BCUT2D eigenvalue weighted by Gasteiger charge is -2.31. The molecule has 24 heavy (non-hydrogen) atoms. The summed E-state index contributed by atoms with van der Waals surface area (Å²) in [5.74, 6) is 0. The third-order valence-electron chi connectivity index (χ3n) is 4.85. The molecule has 1 saturated heterocycles. The smallest absolute Gasteiger partial charge is 0.0574 e. The second-order valence-electron chi connectivity index (χ2n) is 6.76. The molecule has 1 aliphatic heterocycles. The summed E-state index contributed by atoms with van der Waals surface area (Å²) in [6.07, 6.45) is 6.60. The SMILES string of the molecule is CC(NCCc1cnn(C)c1)c1ccc(N2CCC(O)CC2)cc1. The van der Waals surface area contributed by atoms with E-state index in [-0.39, 0.29) is 6.10 Å². The number of hydrogen-bond acceptors (Lipinski definition) is 4. The van der Waals surface area contributed by atoms with Gasteiger partial charge in [-0.3, -0.25) is 4.68 Å². The number of nitrogens with zero attached hydrogens (tertiary/aromatic N) is 3. The molecule has 0 spiro atoms. The van der Waals surface area contributed by atoms with Crippen molar-refractivity contribution < 1.29 is 5.11 Å². The number of nitrogens with one attached hydrogen (secondary N) is 1. The van der Waals surface area contributed by atoms with Crippen LogP contribution in [0.4, 0.5) is 5.69 Å². The largest absolute Gasteiger partial charge is 0.393 e. The summed E-state index contributed by atoms with van der Waals surface area (Å²) in [4.78, 5) is 2.36. The zero-order valence-corrected chi connectivity index (χ0v) is 14.7. The van der Waals surface area contributed by atoms with Gasteiger partial charge in [-0.2, -0.15) is 5.10 Å². The summed E-state index contributed by atoms with van der Waals surface area (Å²) in [6.45, 7) is 5.03. The lowest BCUT2D eigenvalue weighted by atomic mass is 10.0. The zero-order valence-electron chi connectivity index (χ0n) is 14.7. The summed E-state index contributed by atoms with van der Waals surface area (Å²) in [7, 11) is 1.95. The van der Waals surface area contributed by atoms with E-state index in [2.05, 4.69) is 52.7 Å². The van der Waals surface area contributed by atoms with E-state index in [4.69, 9.17) is 0 Å². The van der Waals surface area contributed by atoms with E-state index in [1.807, 2.05) is 17.9 Å². The Balaban J connectivity index is 1.49. The molecule has 2 N–H and O–H groups in total. The van der Waals surface area contributed by atoms with Crippen molar-refractivity contribution in [1.82, 2.24) is 15.1 Å². The minimum absolute atomic E-state index is 0.121. The Bertz CT molecular complexity index is 629. The van der Waals surface area contributed by atoms with Crippen molar-refractivity contribution in [1.29, 1.82) is 0 Å². The van der Waals surface area contributed by atoms with Gasteiger partial charge in [0, 0.05) is 38.1 Å². The number of aromatic nitrogens is 2. The number of piperidine rings is 1. The van der Waals surface area contributed by atoms with Crippen molar-refractivity contribution in [3.63, 3.8) is 0 Å². The van der Waals surface area contributed by atoms with Crippen molar-refractivity contribution in [3.05, 3.63) is 47.8 Å². The minimum atomic E-state index is -0.121. The van der Waals surface area contributed by atoms with E-state index in [1.54, 1.807) is 0 Å². The van der Waals surface area contributed by atoms with Crippen LogP contribution >= 0.6 is 0 Å². The number of rotatable bonds is 6. The average molecular weight is 328 g/mol. The van der Waals surface area contributed by atoms with Gasteiger partial charge in [0.25, 0.3) is 0 Å². The van der Waals surface area contributed by atoms with Crippen LogP contribution < -0.4 is 10.2 Å². The van der Waals surface area contributed by atoms with Gasteiger partial charge < -0.3 is 15.3 Å². The Kier molecular flexibility index (Phi) is 5.53. The molecule has 1 unspecified atom stereocenters. The normalized spacial score (nSPS) is 17.2. The standard InChI is InChI=1S/C19H28N4O/c1-15(20-10-7-16-13-21-22(2)14-16)17-3-5-18(6-4-17)23-11-8-19(24)9-12-23/h3-6,13-15,19-20,24H,7-12H2,1-2H3. The number of aryl methyl sites for hydroxylation is 1. The Hall–Kier alpha value is -1.85. The average Bonchev–Trinajstić information content (AvgIpc) is 3.01. The van der Waals surface area contributed by atoms with Gasteiger partial charge in [-0.05, 0) is 56.0 Å². The van der Waals surface area contributed by atoms with Crippen LogP contribution in [0.15, 0.2) is 36.7 Å². The maximum absolute atomic E-state index is 9.62. The van der Waals surface area contributed by atoms with E-state index in [1.165, 1.54) is 16.8 Å². The van der Waals surface area contributed by atoms with E-state index in [9.17, 15) is 5.11 Å². The fraction of sp³-hybridized carbons (Fsp3) is 0.526. The van der Waals surface area contributed by atoms with Crippen molar-refractivity contribution in [3.8, 4) is 0 Å². The molecule has 5 nitrogen and oxygen atoms in total.